The van der Waals surface area contributed by atoms with Crippen molar-refractivity contribution in [2.45, 2.75) is 76.2 Å². The number of nitrogens with zero attached hydrogens (tertiary/aromatic N) is 1. The van der Waals surface area contributed by atoms with Crippen LogP contribution in [-0.4, -0.2) is 75.6 Å². The number of aromatic nitrogens is 1. The number of aromatic hydroxyl groups is 2. The highest BCUT2D eigenvalue weighted by Crippen LogP contribution is 2.47. The summed E-state index contributed by atoms with van der Waals surface area (Å²) in [6, 6.07) is 2.32. The van der Waals surface area contributed by atoms with Gasteiger partial charge in [0, 0.05) is 18.6 Å². The second kappa shape index (κ2) is 7.89. The number of rotatable bonds is 6. The van der Waals surface area contributed by atoms with E-state index in [1.807, 2.05) is 13.8 Å². The number of nitrogens with one attached hydrogen (secondary N) is 1. The van der Waals surface area contributed by atoms with E-state index in [4.69, 9.17) is 28.5 Å². The second-order valence-corrected chi connectivity index (χ2v) is 8.89. The molecule has 3 fully saturated rings. The third-order valence-corrected chi connectivity index (χ3v) is 5.35. The minimum absolute atomic E-state index is 0.0266. The molecule has 0 unspecified atom stereocenters. The number of carbonyl (C=O) groups excluding carboxylic acids is 2. The van der Waals surface area contributed by atoms with Crippen LogP contribution in [0.25, 0.3) is 0 Å². The van der Waals surface area contributed by atoms with Crippen molar-refractivity contribution >= 4 is 11.9 Å². The van der Waals surface area contributed by atoms with Gasteiger partial charge in [-0.2, -0.15) is 0 Å². The number of amides is 1. The van der Waals surface area contributed by atoms with Crippen molar-refractivity contribution < 1.29 is 48.3 Å². The Balaban J connectivity index is 1.34. The van der Waals surface area contributed by atoms with Gasteiger partial charge < -0.3 is 44.1 Å². The molecule has 4 heterocycles. The van der Waals surface area contributed by atoms with E-state index in [9.17, 15) is 19.8 Å². The zero-order valence-electron chi connectivity index (χ0n) is 18.3. The Labute approximate surface area is 184 Å². The smallest absolute Gasteiger partial charge is 0.333 e. The minimum atomic E-state index is -1.27. The van der Waals surface area contributed by atoms with Gasteiger partial charge in [-0.15, -0.1) is 4.73 Å². The lowest BCUT2D eigenvalue weighted by atomic mass is 9.97. The molecule has 0 aliphatic carbocycles. The molecular weight excluding hydrogens is 428 g/mol. The standard InChI is InChI=1S/C20H28N2O10/c1-18(2)28-11-9-27-20(17(16(11)29-18)30-19(3,4)32-20)10-21-12(23)5-8-15(26)31-22-13(24)6-7-14(22)25/h6-7,11,16-17,24-25H,5,8-10H2,1-4H3,(H,21,23)/t11-,16-,17+,20+/m1/s1. The molecular formula is C20H28N2O10. The van der Waals surface area contributed by atoms with Crippen molar-refractivity contribution in [3.8, 4) is 11.8 Å². The fourth-order valence-corrected chi connectivity index (χ4v) is 4.15. The molecule has 3 saturated heterocycles. The van der Waals surface area contributed by atoms with E-state index in [0.29, 0.717) is 4.73 Å². The summed E-state index contributed by atoms with van der Waals surface area (Å²) in [7, 11) is 0. The molecule has 1 amide bonds. The van der Waals surface area contributed by atoms with Crippen LogP contribution in [-0.2, 0) is 33.3 Å². The molecule has 4 rings (SSSR count). The molecule has 12 nitrogen and oxygen atoms in total. The van der Waals surface area contributed by atoms with Gasteiger partial charge >= 0.3 is 5.97 Å². The van der Waals surface area contributed by atoms with E-state index < -0.39 is 53.2 Å². The first-order chi connectivity index (χ1) is 14.9. The molecule has 0 radical (unpaired) electrons. The zero-order chi connectivity index (χ0) is 23.3. The van der Waals surface area contributed by atoms with Crippen LogP contribution in [0.15, 0.2) is 12.1 Å². The third kappa shape index (κ3) is 4.41. The molecule has 0 saturated carbocycles. The normalized spacial score (nSPS) is 32.2. The summed E-state index contributed by atoms with van der Waals surface area (Å²) >= 11 is 0. The lowest BCUT2D eigenvalue weighted by Crippen LogP contribution is -2.62. The fraction of sp³-hybridized carbons (Fsp3) is 0.700. The van der Waals surface area contributed by atoms with E-state index in [1.165, 1.54) is 0 Å². The summed E-state index contributed by atoms with van der Waals surface area (Å²) in [6.07, 6.45) is -1.87. The monoisotopic (exact) mass is 456 g/mol. The number of carbonyl (C=O) groups is 2. The van der Waals surface area contributed by atoms with Crippen molar-refractivity contribution in [3.63, 3.8) is 0 Å². The summed E-state index contributed by atoms with van der Waals surface area (Å²) in [5.74, 6) is -5.18. The van der Waals surface area contributed by atoms with E-state index >= 15 is 0 Å². The van der Waals surface area contributed by atoms with Gasteiger partial charge in [0.1, 0.15) is 18.3 Å². The molecule has 3 aliphatic heterocycles. The number of ether oxygens (including phenoxy) is 5. The van der Waals surface area contributed by atoms with Crippen molar-refractivity contribution in [2.75, 3.05) is 13.2 Å². The molecule has 12 heteroatoms. The highest BCUT2D eigenvalue weighted by molar-refractivity contribution is 5.81. The predicted octanol–water partition coefficient (Wildman–Crippen LogP) is 0.149. The van der Waals surface area contributed by atoms with E-state index in [0.717, 1.165) is 12.1 Å². The van der Waals surface area contributed by atoms with Crippen LogP contribution in [0.1, 0.15) is 40.5 Å². The van der Waals surface area contributed by atoms with Crippen LogP contribution in [0.5, 0.6) is 11.8 Å². The van der Waals surface area contributed by atoms with Gasteiger partial charge in [0.15, 0.2) is 11.6 Å². The maximum atomic E-state index is 12.4. The molecule has 0 spiro atoms. The lowest BCUT2D eigenvalue weighted by Gasteiger charge is -2.40. The van der Waals surface area contributed by atoms with Gasteiger partial charge in [-0.25, -0.2) is 4.79 Å². The Morgan fingerprint density at radius 2 is 1.78 bits per heavy atom. The average molecular weight is 456 g/mol. The largest absolute Gasteiger partial charge is 0.492 e. The molecule has 3 N–H and O–H groups in total. The first kappa shape index (κ1) is 22.8. The fourth-order valence-electron chi connectivity index (χ4n) is 4.15. The first-order valence-corrected chi connectivity index (χ1v) is 10.3. The molecule has 1 aromatic heterocycles. The summed E-state index contributed by atoms with van der Waals surface area (Å²) in [4.78, 5) is 29.1. The van der Waals surface area contributed by atoms with Gasteiger partial charge in [-0.1, -0.05) is 0 Å². The van der Waals surface area contributed by atoms with Crippen LogP contribution in [0, 0.1) is 0 Å². The second-order valence-electron chi connectivity index (χ2n) is 8.89. The van der Waals surface area contributed by atoms with Gasteiger partial charge in [-0.05, 0) is 27.7 Å². The Morgan fingerprint density at radius 1 is 1.09 bits per heavy atom. The molecule has 0 bridgehead atoms. The summed E-state index contributed by atoms with van der Waals surface area (Å²) in [5.41, 5.74) is 0. The van der Waals surface area contributed by atoms with Gasteiger partial charge in [0.2, 0.25) is 23.5 Å². The van der Waals surface area contributed by atoms with E-state index in [-0.39, 0.29) is 32.1 Å². The molecule has 1 aromatic rings. The minimum Gasteiger partial charge on any atom is -0.492 e. The predicted molar refractivity (Wildman–Crippen MR) is 104 cm³/mol. The van der Waals surface area contributed by atoms with Crippen molar-refractivity contribution in [3.05, 3.63) is 12.1 Å². The number of hydrogen-bond donors (Lipinski definition) is 3. The molecule has 3 aliphatic rings. The molecule has 32 heavy (non-hydrogen) atoms. The van der Waals surface area contributed by atoms with Crippen molar-refractivity contribution in [2.24, 2.45) is 0 Å². The Morgan fingerprint density at radius 3 is 2.47 bits per heavy atom. The van der Waals surface area contributed by atoms with Crippen molar-refractivity contribution in [1.29, 1.82) is 0 Å². The van der Waals surface area contributed by atoms with Crippen LogP contribution >= 0.6 is 0 Å². The summed E-state index contributed by atoms with van der Waals surface area (Å²) in [5, 5.41) is 21.7. The molecule has 4 atom stereocenters. The van der Waals surface area contributed by atoms with Crippen LogP contribution in [0.2, 0.25) is 0 Å². The Kier molecular flexibility index (Phi) is 5.62. The van der Waals surface area contributed by atoms with E-state index in [2.05, 4.69) is 5.32 Å². The van der Waals surface area contributed by atoms with Gasteiger partial charge in [-0.3, -0.25) is 4.79 Å². The maximum absolute atomic E-state index is 12.4. The molecule has 178 valence electrons. The van der Waals surface area contributed by atoms with Crippen molar-refractivity contribution in [1.82, 2.24) is 10.0 Å². The maximum Gasteiger partial charge on any atom is 0.333 e. The highest BCUT2D eigenvalue weighted by atomic mass is 16.9. The summed E-state index contributed by atoms with van der Waals surface area (Å²) < 4.78 is 30.5. The Bertz CT molecular complexity index is 877. The highest BCUT2D eigenvalue weighted by Gasteiger charge is 2.65. The first-order valence-electron chi connectivity index (χ1n) is 10.3. The van der Waals surface area contributed by atoms with Crippen LogP contribution < -0.4 is 10.2 Å². The Hall–Kier alpha value is -2.38. The van der Waals surface area contributed by atoms with Gasteiger partial charge in [0.25, 0.3) is 0 Å². The lowest BCUT2D eigenvalue weighted by molar-refractivity contribution is -0.277. The quantitative estimate of drug-likeness (QED) is 0.540. The molecule has 0 aromatic carbocycles. The number of fused-ring (bicyclic) bond motifs is 3. The topological polar surface area (TPSA) is 147 Å². The average Bonchev–Trinajstić information content (AvgIpc) is 3.29. The van der Waals surface area contributed by atoms with E-state index in [1.54, 1.807) is 13.8 Å². The van der Waals surface area contributed by atoms with Gasteiger partial charge in [0.05, 0.1) is 19.6 Å². The van der Waals surface area contributed by atoms with Crippen LogP contribution in [0.4, 0.5) is 0 Å². The number of hydrogen-bond acceptors (Lipinski definition) is 10. The van der Waals surface area contributed by atoms with Crippen LogP contribution in [0.3, 0.4) is 0 Å². The summed E-state index contributed by atoms with van der Waals surface area (Å²) in [6.45, 7) is 7.29. The third-order valence-electron chi connectivity index (χ3n) is 5.35. The SMILES string of the molecule is CC1(C)O[C@@H]2[C@@H](CO[C@@]3(CNC(=O)CCC(=O)On4c(O)ccc4O)OC(C)(C)O[C@@H]23)O1. The zero-order valence-corrected chi connectivity index (χ0v) is 18.3.